The van der Waals surface area contributed by atoms with E-state index in [1.165, 1.54) is 18.6 Å². The first kappa shape index (κ1) is 21.2. The molecule has 0 bridgehead atoms. The van der Waals surface area contributed by atoms with E-state index in [1.54, 1.807) is 12.1 Å². The van der Waals surface area contributed by atoms with Crippen LogP contribution in [0.3, 0.4) is 0 Å². The van der Waals surface area contributed by atoms with Crippen LogP contribution in [0.25, 0.3) is 0 Å². The highest BCUT2D eigenvalue weighted by Gasteiger charge is 2.22. The maximum atomic E-state index is 13.5. The number of nitrogens with zero attached hydrogens (tertiary/aromatic N) is 2. The number of amides is 1. The maximum absolute atomic E-state index is 13.5. The van der Waals surface area contributed by atoms with E-state index in [0.717, 1.165) is 55.1 Å². The molecular formula is C26H28FN3O. The van der Waals surface area contributed by atoms with E-state index in [-0.39, 0.29) is 11.7 Å². The summed E-state index contributed by atoms with van der Waals surface area (Å²) in [5, 5.41) is 2.81. The Kier molecular flexibility index (Phi) is 6.73. The lowest BCUT2D eigenvalue weighted by Crippen LogP contribution is -2.34. The van der Waals surface area contributed by atoms with Gasteiger partial charge in [-0.1, -0.05) is 30.3 Å². The predicted octanol–water partition coefficient (Wildman–Crippen LogP) is 5.15. The van der Waals surface area contributed by atoms with Crippen molar-refractivity contribution in [3.8, 4) is 0 Å². The molecule has 3 aromatic rings. The number of pyridine rings is 1. The summed E-state index contributed by atoms with van der Waals surface area (Å²) < 4.78 is 13.5. The van der Waals surface area contributed by atoms with Crippen molar-refractivity contribution in [2.24, 2.45) is 0 Å². The third-order valence-corrected chi connectivity index (χ3v) is 5.71. The van der Waals surface area contributed by atoms with Gasteiger partial charge in [0.05, 0.1) is 0 Å². The summed E-state index contributed by atoms with van der Waals surface area (Å²) in [5.41, 5.74) is 5.11. The van der Waals surface area contributed by atoms with Gasteiger partial charge in [0, 0.05) is 49.4 Å². The molecule has 1 saturated heterocycles. The molecule has 1 amide bonds. The van der Waals surface area contributed by atoms with Crippen LogP contribution in [-0.2, 0) is 17.8 Å². The topological polar surface area (TPSA) is 45.2 Å². The molecular weight excluding hydrogens is 389 g/mol. The van der Waals surface area contributed by atoms with Crippen LogP contribution in [0.1, 0.15) is 48.2 Å². The fraction of sp³-hybridized carbons (Fsp3) is 0.308. The molecule has 1 aromatic heterocycles. The Hall–Kier alpha value is -3.05. The third-order valence-electron chi connectivity index (χ3n) is 5.71. The van der Waals surface area contributed by atoms with E-state index >= 15 is 0 Å². The Morgan fingerprint density at radius 1 is 1.10 bits per heavy atom. The number of rotatable bonds is 6. The standard InChI is InChI=1S/C26H28FN3O/c1-19(31)28-24-12-10-20(11-13-24)17-30-14-4-6-22(18-30)26-9-3-8-25(29-26)16-21-5-2-7-23(27)15-21/h2-3,5,7-13,15,22H,4,6,14,16-18H2,1H3,(H,28,31)/t22-/m0/s1. The molecule has 0 aliphatic carbocycles. The van der Waals surface area contributed by atoms with Crippen molar-refractivity contribution in [1.82, 2.24) is 9.88 Å². The van der Waals surface area contributed by atoms with Crippen LogP contribution in [0.4, 0.5) is 10.1 Å². The highest BCUT2D eigenvalue weighted by Crippen LogP contribution is 2.27. The smallest absolute Gasteiger partial charge is 0.221 e. The first-order valence-electron chi connectivity index (χ1n) is 10.8. The van der Waals surface area contributed by atoms with Gasteiger partial charge in [-0.3, -0.25) is 14.7 Å². The minimum absolute atomic E-state index is 0.0567. The van der Waals surface area contributed by atoms with Crippen molar-refractivity contribution in [3.63, 3.8) is 0 Å². The molecule has 0 saturated carbocycles. The van der Waals surface area contributed by atoms with E-state index in [2.05, 4.69) is 34.5 Å². The SMILES string of the molecule is CC(=O)Nc1ccc(CN2CCC[C@H](c3cccc(Cc4cccc(F)c4)n3)C2)cc1. The number of nitrogens with one attached hydrogen (secondary N) is 1. The predicted molar refractivity (Wildman–Crippen MR) is 121 cm³/mol. The lowest BCUT2D eigenvalue weighted by molar-refractivity contribution is -0.114. The molecule has 1 N–H and O–H groups in total. The average molecular weight is 418 g/mol. The number of halogens is 1. The van der Waals surface area contributed by atoms with Crippen molar-refractivity contribution in [2.75, 3.05) is 18.4 Å². The molecule has 1 atom stereocenters. The van der Waals surface area contributed by atoms with Crippen LogP contribution in [-0.4, -0.2) is 28.9 Å². The Bertz CT molecular complexity index is 1030. The van der Waals surface area contributed by atoms with Gasteiger partial charge in [-0.15, -0.1) is 0 Å². The monoisotopic (exact) mass is 417 g/mol. The first-order valence-corrected chi connectivity index (χ1v) is 10.8. The lowest BCUT2D eigenvalue weighted by Gasteiger charge is -2.32. The van der Waals surface area contributed by atoms with Crippen LogP contribution in [0.15, 0.2) is 66.7 Å². The third kappa shape index (κ3) is 5.98. The molecule has 4 nitrogen and oxygen atoms in total. The van der Waals surface area contributed by atoms with Gasteiger partial charge in [-0.25, -0.2) is 4.39 Å². The van der Waals surface area contributed by atoms with Gasteiger partial charge in [0.1, 0.15) is 5.82 Å². The molecule has 2 aromatic carbocycles. The Labute approximate surface area is 183 Å². The maximum Gasteiger partial charge on any atom is 0.221 e. The molecule has 160 valence electrons. The van der Waals surface area contributed by atoms with Crippen molar-refractivity contribution < 1.29 is 9.18 Å². The molecule has 0 radical (unpaired) electrons. The quantitative estimate of drug-likeness (QED) is 0.603. The Morgan fingerprint density at radius 2 is 1.90 bits per heavy atom. The van der Waals surface area contributed by atoms with Gasteiger partial charge in [-0.2, -0.15) is 0 Å². The largest absolute Gasteiger partial charge is 0.326 e. The number of hydrogen-bond donors (Lipinski definition) is 1. The number of aromatic nitrogens is 1. The van der Waals surface area contributed by atoms with Crippen LogP contribution in [0.2, 0.25) is 0 Å². The summed E-state index contributed by atoms with van der Waals surface area (Å²) >= 11 is 0. The zero-order chi connectivity index (χ0) is 21.6. The number of benzene rings is 2. The number of anilines is 1. The number of carbonyl (C=O) groups is 1. The zero-order valence-corrected chi connectivity index (χ0v) is 17.9. The number of hydrogen-bond acceptors (Lipinski definition) is 3. The second-order valence-corrected chi connectivity index (χ2v) is 8.31. The van der Waals surface area contributed by atoms with Crippen molar-refractivity contribution in [1.29, 1.82) is 0 Å². The summed E-state index contributed by atoms with van der Waals surface area (Å²) in [6.45, 7) is 4.46. The van der Waals surface area contributed by atoms with Gasteiger partial charge in [0.25, 0.3) is 0 Å². The second-order valence-electron chi connectivity index (χ2n) is 8.31. The molecule has 4 rings (SSSR count). The highest BCUT2D eigenvalue weighted by molar-refractivity contribution is 5.88. The van der Waals surface area contributed by atoms with Gasteiger partial charge in [-0.05, 0) is 66.9 Å². The molecule has 5 heteroatoms. The molecule has 1 aliphatic heterocycles. The molecule has 0 spiro atoms. The van der Waals surface area contributed by atoms with Gasteiger partial charge in [0.15, 0.2) is 0 Å². The van der Waals surface area contributed by atoms with Crippen molar-refractivity contribution in [3.05, 3.63) is 95.1 Å². The number of carbonyl (C=O) groups excluding carboxylic acids is 1. The molecule has 1 fully saturated rings. The molecule has 31 heavy (non-hydrogen) atoms. The fourth-order valence-corrected chi connectivity index (χ4v) is 4.28. The summed E-state index contributed by atoms with van der Waals surface area (Å²) in [6, 6.07) is 21.0. The highest BCUT2D eigenvalue weighted by atomic mass is 19.1. The minimum Gasteiger partial charge on any atom is -0.326 e. The lowest BCUT2D eigenvalue weighted by atomic mass is 9.93. The van der Waals surface area contributed by atoms with Crippen molar-refractivity contribution >= 4 is 11.6 Å². The van der Waals surface area contributed by atoms with Crippen molar-refractivity contribution in [2.45, 2.75) is 38.6 Å². The van der Waals surface area contributed by atoms with Gasteiger partial charge in [0.2, 0.25) is 5.91 Å². The van der Waals surface area contributed by atoms with E-state index < -0.39 is 0 Å². The molecule has 1 aliphatic rings. The summed E-state index contributed by atoms with van der Waals surface area (Å²) in [7, 11) is 0. The average Bonchev–Trinajstić information content (AvgIpc) is 2.75. The summed E-state index contributed by atoms with van der Waals surface area (Å²) in [6.07, 6.45) is 2.92. The van der Waals surface area contributed by atoms with E-state index in [1.807, 2.05) is 24.3 Å². The van der Waals surface area contributed by atoms with Crippen LogP contribution in [0, 0.1) is 5.82 Å². The Balaban J connectivity index is 1.39. The van der Waals surface area contributed by atoms with E-state index in [0.29, 0.717) is 12.3 Å². The zero-order valence-electron chi connectivity index (χ0n) is 17.9. The van der Waals surface area contributed by atoms with Crippen LogP contribution >= 0.6 is 0 Å². The van der Waals surface area contributed by atoms with E-state index in [4.69, 9.17) is 4.98 Å². The molecule has 0 unspecified atom stereocenters. The number of piperidine rings is 1. The number of likely N-dealkylation sites (tertiary alicyclic amines) is 1. The normalized spacial score (nSPS) is 16.8. The van der Waals surface area contributed by atoms with Crippen LogP contribution < -0.4 is 5.32 Å². The summed E-state index contributed by atoms with van der Waals surface area (Å²) in [5.74, 6) is 0.139. The minimum atomic E-state index is -0.207. The van der Waals surface area contributed by atoms with Gasteiger partial charge >= 0.3 is 0 Å². The van der Waals surface area contributed by atoms with Crippen LogP contribution in [0.5, 0.6) is 0 Å². The second kappa shape index (κ2) is 9.84. The summed E-state index contributed by atoms with van der Waals surface area (Å²) in [4.78, 5) is 18.6. The molecule has 2 heterocycles. The van der Waals surface area contributed by atoms with Gasteiger partial charge < -0.3 is 5.32 Å². The first-order chi connectivity index (χ1) is 15.0. The Morgan fingerprint density at radius 3 is 2.68 bits per heavy atom. The fourth-order valence-electron chi connectivity index (χ4n) is 4.28. The van der Waals surface area contributed by atoms with E-state index in [9.17, 15) is 9.18 Å².